The summed E-state index contributed by atoms with van der Waals surface area (Å²) in [6.45, 7) is -0.125. The molecular weight excluding hydrogens is 918 g/mol. The van der Waals surface area contributed by atoms with Gasteiger partial charge < -0.3 is 18.9 Å². The van der Waals surface area contributed by atoms with Gasteiger partial charge in [0.1, 0.15) is 0 Å². The molecule has 0 aliphatic carbocycles. The van der Waals surface area contributed by atoms with Crippen LogP contribution < -0.4 is 42.6 Å². The molecule has 0 bridgehead atoms. The monoisotopic (exact) mass is 958 g/mol. The number of hydrogen-bond acceptors (Lipinski definition) is 2. The van der Waals surface area contributed by atoms with Crippen molar-refractivity contribution in [3.05, 3.63) is 243 Å². The minimum Gasteiger partial charge on any atom is -0.311 e. The molecule has 4 aliphatic heterocycles. The lowest BCUT2D eigenvalue weighted by atomic mass is 9.30. The van der Waals surface area contributed by atoms with E-state index >= 15 is 0 Å². The Hall–Kier alpha value is -9.77. The van der Waals surface area contributed by atoms with Crippen LogP contribution in [0.15, 0.2) is 243 Å². The lowest BCUT2D eigenvalue weighted by Crippen LogP contribution is -2.64. The van der Waals surface area contributed by atoms with Gasteiger partial charge in [-0.1, -0.05) is 176 Å². The molecule has 6 heteroatoms. The Labute approximate surface area is 437 Å². The zero-order valence-corrected chi connectivity index (χ0v) is 41.0. The Morgan fingerprint density at radius 1 is 0.263 bits per heavy atom. The van der Waals surface area contributed by atoms with Crippen LogP contribution in [0.1, 0.15) is 0 Å². The normalized spacial score (nSPS) is 13.7. The van der Waals surface area contributed by atoms with Gasteiger partial charge in [-0.25, -0.2) is 0 Å². The van der Waals surface area contributed by atoms with Gasteiger partial charge in [-0.3, -0.25) is 0 Å². The molecule has 0 N–H and O–H groups in total. The van der Waals surface area contributed by atoms with E-state index < -0.39 is 0 Å². The van der Waals surface area contributed by atoms with Crippen LogP contribution in [0.25, 0.3) is 98.1 Å². The Bertz CT molecular complexity index is 4830. The summed E-state index contributed by atoms with van der Waals surface area (Å²) in [7, 11) is 0. The molecule has 13 aromatic carbocycles. The number of anilines is 6. The molecule has 346 valence electrons. The highest BCUT2D eigenvalue weighted by Crippen LogP contribution is 2.51. The van der Waals surface area contributed by atoms with E-state index in [1.807, 2.05) is 0 Å². The maximum absolute atomic E-state index is 2.69. The predicted molar refractivity (Wildman–Crippen MR) is 324 cm³/mol. The number of benzene rings is 13. The molecule has 15 aromatic rings. The van der Waals surface area contributed by atoms with Crippen molar-refractivity contribution in [2.75, 3.05) is 9.80 Å². The SMILES string of the molecule is c1ccc(N2c3ccccc3B3c4cc5c(cc4-n4c6cc7ccccc7cc6c6c7ccccc7c2c3c64)-n2c3cc4ccccc4cc3c3c4ccccc4c4c(c32)B5c2ccccc2N4c2ccccc2)cc1. The Kier molecular flexibility index (Phi) is 7.36. The van der Waals surface area contributed by atoms with Crippen molar-refractivity contribution in [1.29, 1.82) is 0 Å². The summed E-state index contributed by atoms with van der Waals surface area (Å²) < 4.78 is 5.38. The van der Waals surface area contributed by atoms with Gasteiger partial charge in [0.05, 0.1) is 33.4 Å². The summed E-state index contributed by atoms with van der Waals surface area (Å²) in [5, 5.41) is 15.3. The highest BCUT2D eigenvalue weighted by atomic mass is 15.2. The fraction of sp³-hybridized carbons (Fsp3) is 0. The molecule has 19 rings (SSSR count). The average Bonchev–Trinajstić information content (AvgIpc) is 4.19. The third kappa shape index (κ3) is 4.76. The van der Waals surface area contributed by atoms with Gasteiger partial charge in [-0.2, -0.15) is 0 Å². The molecule has 2 aromatic heterocycles. The van der Waals surface area contributed by atoms with Crippen molar-refractivity contribution >= 4 is 167 Å². The fourth-order valence-corrected chi connectivity index (χ4v) is 15.1. The van der Waals surface area contributed by atoms with Crippen molar-refractivity contribution in [2.24, 2.45) is 0 Å². The number of aromatic nitrogens is 2. The minimum atomic E-state index is -0.0627. The summed E-state index contributed by atoms with van der Waals surface area (Å²) in [6, 6.07) is 92.1. The summed E-state index contributed by atoms with van der Waals surface area (Å²) >= 11 is 0. The van der Waals surface area contributed by atoms with E-state index in [0.29, 0.717) is 0 Å². The van der Waals surface area contributed by atoms with Crippen LogP contribution in [-0.2, 0) is 0 Å². The van der Waals surface area contributed by atoms with Crippen LogP contribution in [0.4, 0.5) is 34.1 Å². The third-order valence-corrected chi connectivity index (χ3v) is 17.9. The van der Waals surface area contributed by atoms with Gasteiger partial charge in [0.2, 0.25) is 0 Å². The van der Waals surface area contributed by atoms with E-state index in [2.05, 4.69) is 262 Å². The Morgan fingerprint density at radius 2 is 0.632 bits per heavy atom. The van der Waals surface area contributed by atoms with Gasteiger partial charge in [0.25, 0.3) is 13.4 Å². The second-order valence-electron chi connectivity index (χ2n) is 21.5. The average molecular weight is 959 g/mol. The number of fused-ring (bicyclic) bond motifs is 24. The van der Waals surface area contributed by atoms with Gasteiger partial charge in [-0.15, -0.1) is 0 Å². The van der Waals surface area contributed by atoms with Crippen molar-refractivity contribution in [1.82, 2.24) is 9.13 Å². The molecule has 0 saturated heterocycles. The van der Waals surface area contributed by atoms with Crippen LogP contribution >= 0.6 is 0 Å². The molecule has 0 saturated carbocycles. The van der Waals surface area contributed by atoms with Crippen LogP contribution in [-0.4, -0.2) is 22.6 Å². The molecule has 6 heterocycles. The summed E-state index contributed by atoms with van der Waals surface area (Å²) in [5.41, 5.74) is 22.9. The molecular formula is C70H40B2N4. The first-order valence-corrected chi connectivity index (χ1v) is 26.7. The van der Waals surface area contributed by atoms with Crippen molar-refractivity contribution in [3.63, 3.8) is 0 Å². The minimum absolute atomic E-state index is 0.0627. The van der Waals surface area contributed by atoms with Gasteiger partial charge in [0, 0.05) is 66.4 Å². The van der Waals surface area contributed by atoms with E-state index in [-0.39, 0.29) is 13.4 Å². The first kappa shape index (κ1) is 39.7. The highest BCUT2D eigenvalue weighted by molar-refractivity contribution is 7.03. The van der Waals surface area contributed by atoms with Crippen molar-refractivity contribution in [3.8, 4) is 11.4 Å². The first-order chi connectivity index (χ1) is 37.8. The maximum atomic E-state index is 2.69. The molecule has 0 spiro atoms. The smallest absolute Gasteiger partial charge is 0.252 e. The zero-order chi connectivity index (χ0) is 49.1. The molecule has 0 radical (unpaired) electrons. The predicted octanol–water partition coefficient (Wildman–Crippen LogP) is 13.7. The van der Waals surface area contributed by atoms with Crippen LogP contribution in [0.3, 0.4) is 0 Å². The van der Waals surface area contributed by atoms with Crippen LogP contribution in [0.5, 0.6) is 0 Å². The first-order valence-electron chi connectivity index (χ1n) is 26.7. The van der Waals surface area contributed by atoms with Crippen molar-refractivity contribution in [2.45, 2.75) is 0 Å². The second-order valence-corrected chi connectivity index (χ2v) is 21.5. The van der Waals surface area contributed by atoms with Crippen LogP contribution in [0.2, 0.25) is 0 Å². The summed E-state index contributed by atoms with van der Waals surface area (Å²) in [6.07, 6.45) is 0. The number of para-hydroxylation sites is 4. The second kappa shape index (κ2) is 14.1. The quantitative estimate of drug-likeness (QED) is 0.161. The molecule has 76 heavy (non-hydrogen) atoms. The lowest BCUT2D eigenvalue weighted by molar-refractivity contribution is 1.14. The van der Waals surface area contributed by atoms with Gasteiger partial charge in [0.15, 0.2) is 0 Å². The van der Waals surface area contributed by atoms with E-state index in [1.54, 1.807) is 0 Å². The van der Waals surface area contributed by atoms with E-state index in [1.165, 1.54) is 154 Å². The maximum Gasteiger partial charge on any atom is 0.252 e. The fourth-order valence-electron chi connectivity index (χ4n) is 15.1. The topological polar surface area (TPSA) is 16.3 Å². The van der Waals surface area contributed by atoms with E-state index in [9.17, 15) is 0 Å². The Morgan fingerprint density at radius 3 is 1.08 bits per heavy atom. The molecule has 0 atom stereocenters. The van der Waals surface area contributed by atoms with E-state index in [4.69, 9.17) is 0 Å². The molecule has 0 unspecified atom stereocenters. The Balaban J connectivity index is 1.05. The molecule has 4 nitrogen and oxygen atoms in total. The number of nitrogens with zero attached hydrogens (tertiary/aromatic N) is 4. The van der Waals surface area contributed by atoms with Crippen molar-refractivity contribution < 1.29 is 0 Å². The number of rotatable bonds is 2. The highest BCUT2D eigenvalue weighted by Gasteiger charge is 2.48. The van der Waals surface area contributed by atoms with E-state index in [0.717, 1.165) is 11.4 Å². The van der Waals surface area contributed by atoms with Gasteiger partial charge in [-0.05, 0) is 132 Å². The zero-order valence-electron chi connectivity index (χ0n) is 41.0. The summed E-state index contributed by atoms with van der Waals surface area (Å²) in [5.74, 6) is 0. The molecule has 4 aliphatic rings. The molecule has 0 fully saturated rings. The lowest BCUT2D eigenvalue weighted by Gasteiger charge is -2.43. The van der Waals surface area contributed by atoms with Gasteiger partial charge >= 0.3 is 0 Å². The number of hydrogen-bond donors (Lipinski definition) is 0. The largest absolute Gasteiger partial charge is 0.311 e. The molecule has 0 amide bonds. The summed E-state index contributed by atoms with van der Waals surface area (Å²) in [4.78, 5) is 5.14. The van der Waals surface area contributed by atoms with Crippen LogP contribution in [0, 0.1) is 0 Å². The standard InChI is InChI=1S/C70H40B2N4/c1-3-23-45(24-4-1)73-57-33-17-15-31-53(57)71-55-39-56-62(40-61(55)75-59-37-43-21-9-7-19-41(43)35-51(59)63-47-27-11-13-29-49(47)67(73)65(71)69(63)75)76-60-38-44-22-10-8-20-42(44)36-52(60)64-48-28-12-14-30-50(48)68-66(70(64)76)72(56)54-32-16-18-34-58(54)74(68)46-25-5-2-6-26-46/h1-40H. The third-order valence-electron chi connectivity index (χ3n) is 17.9.